The first-order valence-electron chi connectivity index (χ1n) is 14.2. The summed E-state index contributed by atoms with van der Waals surface area (Å²) < 4.78 is 38.5. The molecule has 1 fully saturated rings. The van der Waals surface area contributed by atoms with Gasteiger partial charge in [-0.3, -0.25) is 9.46 Å². The number of aromatic nitrogens is 1. The summed E-state index contributed by atoms with van der Waals surface area (Å²) in [6.45, 7) is 11.2. The lowest BCUT2D eigenvalue weighted by atomic mass is 9.91. The zero-order valence-electron chi connectivity index (χ0n) is 24.8. The average Bonchev–Trinajstić information content (AvgIpc) is 3.76. The van der Waals surface area contributed by atoms with Crippen LogP contribution < -0.4 is 9.47 Å². The summed E-state index contributed by atoms with van der Waals surface area (Å²) >= 11 is 0. The third-order valence-electron chi connectivity index (χ3n) is 8.01. The molecule has 3 aromatic rings. The van der Waals surface area contributed by atoms with E-state index in [1.807, 2.05) is 36.4 Å². The van der Waals surface area contributed by atoms with E-state index < -0.39 is 19.1 Å². The monoisotopic (exact) mass is 584 g/mol. The van der Waals surface area contributed by atoms with Crippen LogP contribution in [0.2, 0.25) is 0 Å². The van der Waals surface area contributed by atoms with Gasteiger partial charge in [-0.1, -0.05) is 37.3 Å². The summed E-state index contributed by atoms with van der Waals surface area (Å²) in [6.07, 6.45) is 3.14. The Morgan fingerprint density at radius 1 is 1.02 bits per heavy atom. The van der Waals surface area contributed by atoms with Crippen LogP contribution in [0.3, 0.4) is 0 Å². The van der Waals surface area contributed by atoms with Crippen LogP contribution in [0.4, 0.5) is 4.39 Å². The summed E-state index contributed by atoms with van der Waals surface area (Å²) in [5.74, 6) is 0.647. The van der Waals surface area contributed by atoms with E-state index in [1.54, 1.807) is 13.0 Å². The number of hydrogen-bond acceptors (Lipinski definition) is 5. The number of hydrogen-bond donors (Lipinski definition) is 2. The second-order valence-corrected chi connectivity index (χ2v) is 13.6. The molecule has 9 heteroatoms. The van der Waals surface area contributed by atoms with Gasteiger partial charge in [0.15, 0.2) is 0 Å². The standard InChI is InChI=1S/C32H42FN2O5P/c1-20(2)35(21(3)4)18-26-14-23(10-13-28(26)29-16-31(39-6)34-17-30(29)33)19-40-27-9-7-8-25(15-27)32(24-11-12-24)22(5)41(36,37)38/h7-10,13-17,20-22,24,32H,11-12,18-19H2,1-6H3,(H2,36,37,38)/t22-,32?/m0/s1. The second-order valence-electron chi connectivity index (χ2n) is 11.6. The smallest absolute Gasteiger partial charge is 0.328 e. The molecule has 4 rings (SSSR count). The minimum Gasteiger partial charge on any atom is -0.489 e. The number of halogens is 1. The highest BCUT2D eigenvalue weighted by atomic mass is 31.2. The van der Waals surface area contributed by atoms with E-state index >= 15 is 0 Å². The van der Waals surface area contributed by atoms with E-state index in [9.17, 15) is 18.7 Å². The van der Waals surface area contributed by atoms with Gasteiger partial charge in [0, 0.05) is 36.2 Å². The zero-order chi connectivity index (χ0) is 29.9. The highest BCUT2D eigenvalue weighted by Gasteiger charge is 2.42. The molecule has 7 nitrogen and oxygen atoms in total. The molecule has 1 aromatic heterocycles. The van der Waals surface area contributed by atoms with E-state index in [1.165, 1.54) is 13.3 Å². The van der Waals surface area contributed by atoms with Gasteiger partial charge in [0.05, 0.1) is 19.0 Å². The molecule has 0 aliphatic heterocycles. The first-order valence-corrected chi connectivity index (χ1v) is 15.9. The molecular weight excluding hydrogens is 542 g/mol. The zero-order valence-corrected chi connectivity index (χ0v) is 25.6. The van der Waals surface area contributed by atoms with E-state index in [-0.39, 0.29) is 23.9 Å². The summed E-state index contributed by atoms with van der Waals surface area (Å²) in [7, 11) is -2.71. The van der Waals surface area contributed by atoms with E-state index in [2.05, 4.69) is 43.6 Å². The van der Waals surface area contributed by atoms with Gasteiger partial charge in [0.1, 0.15) is 18.2 Å². The van der Waals surface area contributed by atoms with Gasteiger partial charge in [-0.2, -0.15) is 0 Å². The quantitative estimate of drug-likeness (QED) is 0.206. The topological polar surface area (TPSA) is 92.1 Å². The fourth-order valence-corrected chi connectivity index (χ4v) is 6.45. The molecule has 0 amide bonds. The maximum atomic E-state index is 15.0. The van der Waals surface area contributed by atoms with E-state index in [0.717, 1.165) is 35.1 Å². The molecule has 1 aliphatic carbocycles. The molecule has 0 radical (unpaired) electrons. The van der Waals surface area contributed by atoms with Gasteiger partial charge in [0.25, 0.3) is 0 Å². The third kappa shape index (κ3) is 7.75. The van der Waals surface area contributed by atoms with Gasteiger partial charge < -0.3 is 19.3 Å². The van der Waals surface area contributed by atoms with Crippen molar-refractivity contribution in [3.05, 3.63) is 77.2 Å². The molecule has 1 saturated carbocycles. The van der Waals surface area contributed by atoms with Crippen molar-refractivity contribution in [1.82, 2.24) is 9.88 Å². The number of rotatable bonds is 13. The molecule has 0 saturated heterocycles. The van der Waals surface area contributed by atoms with Crippen molar-refractivity contribution in [3.63, 3.8) is 0 Å². The molecule has 41 heavy (non-hydrogen) atoms. The molecule has 2 N–H and O–H groups in total. The van der Waals surface area contributed by atoms with Crippen molar-refractivity contribution in [2.24, 2.45) is 5.92 Å². The fraction of sp³-hybridized carbons (Fsp3) is 0.469. The van der Waals surface area contributed by atoms with Crippen molar-refractivity contribution < 1.29 is 28.2 Å². The minimum absolute atomic E-state index is 0.212. The van der Waals surface area contributed by atoms with Gasteiger partial charge in [-0.05, 0) is 80.8 Å². The van der Waals surface area contributed by atoms with Crippen LogP contribution in [0.25, 0.3) is 11.1 Å². The van der Waals surface area contributed by atoms with Crippen LogP contribution in [0.15, 0.2) is 54.7 Å². The van der Waals surface area contributed by atoms with Crippen LogP contribution in [0.5, 0.6) is 11.6 Å². The molecule has 0 bridgehead atoms. The summed E-state index contributed by atoms with van der Waals surface area (Å²) in [4.78, 5) is 26.1. The van der Waals surface area contributed by atoms with E-state index in [0.29, 0.717) is 30.3 Å². The fourth-order valence-electron chi connectivity index (χ4n) is 5.61. The third-order valence-corrected chi connectivity index (χ3v) is 9.39. The Hall–Kier alpha value is -2.77. The van der Waals surface area contributed by atoms with E-state index in [4.69, 9.17) is 9.47 Å². The Bertz CT molecular complexity index is 1380. The van der Waals surface area contributed by atoms with Gasteiger partial charge in [-0.25, -0.2) is 9.37 Å². The first-order chi connectivity index (χ1) is 19.4. The summed E-state index contributed by atoms with van der Waals surface area (Å²) in [5, 5.41) is 0. The lowest BCUT2D eigenvalue weighted by Gasteiger charge is -2.31. The van der Waals surface area contributed by atoms with Gasteiger partial charge in [-0.15, -0.1) is 0 Å². The largest absolute Gasteiger partial charge is 0.489 e. The molecule has 0 spiro atoms. The minimum atomic E-state index is -4.22. The number of methoxy groups -OCH3 is 1. The summed E-state index contributed by atoms with van der Waals surface area (Å²) in [5.41, 5.74) is 3.26. The number of nitrogens with zero attached hydrogens (tertiary/aromatic N) is 2. The normalized spacial score (nSPS) is 15.4. The Kier molecular flexibility index (Phi) is 9.91. The van der Waals surface area contributed by atoms with Crippen LogP contribution in [0, 0.1) is 11.7 Å². The highest BCUT2D eigenvalue weighted by Crippen LogP contribution is 2.55. The van der Waals surface area contributed by atoms with Crippen molar-refractivity contribution in [2.75, 3.05) is 7.11 Å². The van der Waals surface area contributed by atoms with Gasteiger partial charge >= 0.3 is 7.60 Å². The lowest BCUT2D eigenvalue weighted by Crippen LogP contribution is -2.36. The second kappa shape index (κ2) is 13.0. The predicted molar refractivity (Wildman–Crippen MR) is 160 cm³/mol. The Labute approximate surface area is 242 Å². The number of ether oxygens (including phenoxy) is 2. The SMILES string of the molecule is COc1cc(-c2ccc(COc3cccc(C(C4CC4)[C@H](C)P(=O)(O)O)c3)cc2CN(C(C)C)C(C)C)c(F)cn1. The molecule has 1 unspecified atom stereocenters. The Morgan fingerprint density at radius 2 is 1.73 bits per heavy atom. The summed E-state index contributed by atoms with van der Waals surface area (Å²) in [6, 6.07) is 15.7. The number of pyridine rings is 1. The average molecular weight is 585 g/mol. The van der Waals surface area contributed by atoms with Crippen LogP contribution in [-0.4, -0.2) is 44.5 Å². The van der Waals surface area contributed by atoms with Crippen LogP contribution in [0.1, 0.15) is 70.1 Å². The maximum Gasteiger partial charge on any atom is 0.328 e. The maximum absolute atomic E-state index is 15.0. The van der Waals surface area contributed by atoms with Crippen LogP contribution in [-0.2, 0) is 17.7 Å². The Balaban J connectivity index is 1.62. The molecule has 2 atom stereocenters. The predicted octanol–water partition coefficient (Wildman–Crippen LogP) is 7.15. The van der Waals surface area contributed by atoms with Crippen molar-refractivity contribution in [2.45, 2.75) is 84.3 Å². The highest BCUT2D eigenvalue weighted by molar-refractivity contribution is 7.52. The van der Waals surface area contributed by atoms with Crippen LogP contribution >= 0.6 is 7.60 Å². The molecule has 1 aliphatic rings. The lowest BCUT2D eigenvalue weighted by molar-refractivity contribution is 0.166. The Morgan fingerprint density at radius 3 is 2.34 bits per heavy atom. The molecule has 2 aromatic carbocycles. The molecular formula is C32H42FN2O5P. The van der Waals surface area contributed by atoms with Crippen molar-refractivity contribution in [1.29, 1.82) is 0 Å². The van der Waals surface area contributed by atoms with Crippen molar-refractivity contribution >= 4 is 7.60 Å². The van der Waals surface area contributed by atoms with Crippen molar-refractivity contribution in [3.8, 4) is 22.8 Å². The molecule has 1 heterocycles. The number of benzene rings is 2. The van der Waals surface area contributed by atoms with Gasteiger partial charge in [0.2, 0.25) is 5.88 Å². The molecule has 222 valence electrons. The first kappa shape index (κ1) is 31.2.